The molecule has 3 rings (SSSR count). The Morgan fingerprint density at radius 2 is 1.83 bits per heavy atom. The lowest BCUT2D eigenvalue weighted by Gasteiger charge is -2.09. The molecular formula is C16H9F3N2O2. The van der Waals surface area contributed by atoms with Crippen molar-refractivity contribution >= 4 is 16.7 Å². The number of fused-ring (bicyclic) bond motifs is 1. The molecule has 0 fully saturated rings. The molecule has 2 aromatic carbocycles. The second-order valence-electron chi connectivity index (χ2n) is 4.83. The highest BCUT2D eigenvalue weighted by molar-refractivity contribution is 6.00. The van der Waals surface area contributed by atoms with Gasteiger partial charge in [-0.1, -0.05) is 24.3 Å². The van der Waals surface area contributed by atoms with Crippen LogP contribution in [0.5, 0.6) is 0 Å². The molecule has 7 heteroatoms. The molecule has 4 nitrogen and oxygen atoms in total. The number of benzene rings is 2. The number of hydrogen-bond acceptors (Lipinski definition) is 3. The summed E-state index contributed by atoms with van der Waals surface area (Å²) in [5.74, 6) is -1.11. The van der Waals surface area contributed by atoms with Crippen LogP contribution in [-0.4, -0.2) is 21.0 Å². The van der Waals surface area contributed by atoms with Gasteiger partial charge in [0.2, 0.25) is 0 Å². The summed E-state index contributed by atoms with van der Waals surface area (Å²) in [7, 11) is 0. The van der Waals surface area contributed by atoms with Gasteiger partial charge in [-0.25, -0.2) is 14.8 Å². The minimum Gasteiger partial charge on any atom is -0.478 e. The molecule has 0 unspecified atom stereocenters. The van der Waals surface area contributed by atoms with E-state index in [-0.39, 0.29) is 11.3 Å². The molecule has 0 aliphatic rings. The van der Waals surface area contributed by atoms with Crippen molar-refractivity contribution < 1.29 is 23.1 Å². The van der Waals surface area contributed by atoms with Crippen molar-refractivity contribution in [3.63, 3.8) is 0 Å². The molecule has 0 aliphatic carbocycles. The van der Waals surface area contributed by atoms with E-state index in [1.165, 1.54) is 12.1 Å². The number of alkyl halides is 3. The first kappa shape index (κ1) is 15.0. The predicted molar refractivity (Wildman–Crippen MR) is 76.9 cm³/mol. The first-order chi connectivity index (χ1) is 10.9. The number of carboxylic acids is 1. The molecule has 0 saturated carbocycles. The van der Waals surface area contributed by atoms with Crippen LogP contribution in [0.25, 0.3) is 22.0 Å². The maximum atomic E-state index is 12.8. The summed E-state index contributed by atoms with van der Waals surface area (Å²) in [6.45, 7) is 0. The third kappa shape index (κ3) is 2.85. The highest BCUT2D eigenvalue weighted by Gasteiger charge is 2.32. The lowest BCUT2D eigenvalue weighted by Crippen LogP contribution is -2.08. The molecule has 0 radical (unpaired) electrons. The van der Waals surface area contributed by atoms with E-state index in [1.807, 2.05) is 0 Å². The van der Waals surface area contributed by atoms with Crippen molar-refractivity contribution in [2.45, 2.75) is 6.18 Å². The zero-order valence-electron chi connectivity index (χ0n) is 11.5. The number of rotatable bonds is 2. The standard InChI is InChI=1S/C16H9F3N2O2/c17-16(18,19)14-7-13(20-8-21-14)11-3-1-2-9-4-5-10(15(22)23)6-12(9)11/h1-8H,(H,22,23). The summed E-state index contributed by atoms with van der Waals surface area (Å²) in [4.78, 5) is 18.2. The van der Waals surface area contributed by atoms with Crippen LogP contribution in [0, 0.1) is 0 Å². The summed E-state index contributed by atoms with van der Waals surface area (Å²) < 4.78 is 38.4. The van der Waals surface area contributed by atoms with Gasteiger partial charge in [-0.05, 0) is 29.0 Å². The highest BCUT2D eigenvalue weighted by Crippen LogP contribution is 2.32. The van der Waals surface area contributed by atoms with Crippen molar-refractivity contribution in [3.05, 3.63) is 60.0 Å². The van der Waals surface area contributed by atoms with Gasteiger partial charge in [0, 0.05) is 5.56 Å². The number of hydrogen-bond donors (Lipinski definition) is 1. The monoisotopic (exact) mass is 318 g/mol. The summed E-state index contributed by atoms with van der Waals surface area (Å²) in [6, 6.07) is 10.3. The van der Waals surface area contributed by atoms with E-state index in [9.17, 15) is 18.0 Å². The van der Waals surface area contributed by atoms with Crippen molar-refractivity contribution in [1.82, 2.24) is 9.97 Å². The van der Waals surface area contributed by atoms with Crippen LogP contribution in [0.3, 0.4) is 0 Å². The molecule has 1 N–H and O–H groups in total. The maximum Gasteiger partial charge on any atom is 0.433 e. The van der Waals surface area contributed by atoms with Crippen molar-refractivity contribution in [2.24, 2.45) is 0 Å². The number of nitrogens with zero attached hydrogens (tertiary/aromatic N) is 2. The lowest BCUT2D eigenvalue weighted by atomic mass is 9.99. The van der Waals surface area contributed by atoms with Crippen LogP contribution >= 0.6 is 0 Å². The largest absolute Gasteiger partial charge is 0.478 e. The van der Waals surface area contributed by atoms with Crippen LogP contribution < -0.4 is 0 Å². The minimum atomic E-state index is -4.57. The van der Waals surface area contributed by atoms with E-state index in [0.717, 1.165) is 12.4 Å². The molecule has 116 valence electrons. The van der Waals surface area contributed by atoms with Gasteiger partial charge >= 0.3 is 12.1 Å². The van der Waals surface area contributed by atoms with Gasteiger partial charge in [0.15, 0.2) is 0 Å². The fourth-order valence-electron chi connectivity index (χ4n) is 2.29. The molecule has 23 heavy (non-hydrogen) atoms. The van der Waals surface area contributed by atoms with E-state index in [1.54, 1.807) is 24.3 Å². The maximum absolute atomic E-state index is 12.8. The second kappa shape index (κ2) is 5.35. The molecule has 0 atom stereocenters. The van der Waals surface area contributed by atoms with Crippen LogP contribution in [0.4, 0.5) is 13.2 Å². The molecule has 0 amide bonds. The van der Waals surface area contributed by atoms with Crippen LogP contribution in [0.15, 0.2) is 48.8 Å². The van der Waals surface area contributed by atoms with E-state index in [2.05, 4.69) is 9.97 Å². The van der Waals surface area contributed by atoms with Gasteiger partial charge in [-0.3, -0.25) is 0 Å². The molecule has 0 saturated heterocycles. The zero-order valence-corrected chi connectivity index (χ0v) is 11.5. The van der Waals surface area contributed by atoms with Crippen LogP contribution in [0.1, 0.15) is 16.1 Å². The Morgan fingerprint density at radius 1 is 1.04 bits per heavy atom. The van der Waals surface area contributed by atoms with Crippen LogP contribution in [0.2, 0.25) is 0 Å². The van der Waals surface area contributed by atoms with E-state index < -0.39 is 17.8 Å². The molecule has 3 aromatic rings. The summed E-state index contributed by atoms with van der Waals surface area (Å²) >= 11 is 0. The molecular weight excluding hydrogens is 309 g/mol. The molecule has 1 aromatic heterocycles. The van der Waals surface area contributed by atoms with E-state index in [4.69, 9.17) is 5.11 Å². The van der Waals surface area contributed by atoms with E-state index >= 15 is 0 Å². The molecule has 0 aliphatic heterocycles. The SMILES string of the molecule is O=C(O)c1ccc2cccc(-c3cc(C(F)(F)F)ncn3)c2c1. The number of carboxylic acid groups (broad SMARTS) is 1. The Bertz CT molecular complexity index is 907. The van der Waals surface area contributed by atoms with Gasteiger partial charge in [0.25, 0.3) is 0 Å². The average Bonchev–Trinajstić information content (AvgIpc) is 2.53. The normalized spacial score (nSPS) is 11.6. The smallest absolute Gasteiger partial charge is 0.433 e. The summed E-state index contributed by atoms with van der Waals surface area (Å²) in [5, 5.41) is 10.3. The van der Waals surface area contributed by atoms with Crippen molar-refractivity contribution in [1.29, 1.82) is 0 Å². The van der Waals surface area contributed by atoms with Crippen LogP contribution in [-0.2, 0) is 6.18 Å². The quantitative estimate of drug-likeness (QED) is 0.775. The molecule has 0 bridgehead atoms. The Labute approximate surface area is 128 Å². The van der Waals surface area contributed by atoms with Gasteiger partial charge in [0.1, 0.15) is 12.0 Å². The third-order valence-corrected chi connectivity index (χ3v) is 3.36. The van der Waals surface area contributed by atoms with Gasteiger partial charge < -0.3 is 5.11 Å². The highest BCUT2D eigenvalue weighted by atomic mass is 19.4. The Morgan fingerprint density at radius 3 is 2.52 bits per heavy atom. The second-order valence-corrected chi connectivity index (χ2v) is 4.83. The fourth-order valence-corrected chi connectivity index (χ4v) is 2.29. The fraction of sp³-hybridized carbons (Fsp3) is 0.0625. The number of carbonyl (C=O) groups is 1. The Balaban J connectivity index is 2.24. The van der Waals surface area contributed by atoms with Gasteiger partial charge in [-0.2, -0.15) is 13.2 Å². The minimum absolute atomic E-state index is 0.0510. The first-order valence-electron chi connectivity index (χ1n) is 6.52. The molecule has 1 heterocycles. The van der Waals surface area contributed by atoms with E-state index in [0.29, 0.717) is 16.3 Å². The number of halogens is 3. The Kier molecular flexibility index (Phi) is 3.48. The third-order valence-electron chi connectivity index (χ3n) is 3.36. The number of aromatic nitrogens is 2. The van der Waals surface area contributed by atoms with Gasteiger partial charge in [-0.15, -0.1) is 0 Å². The number of aromatic carboxylic acids is 1. The summed E-state index contributed by atoms with van der Waals surface area (Å²) in [6.07, 6.45) is -3.73. The molecule has 0 spiro atoms. The van der Waals surface area contributed by atoms with Gasteiger partial charge in [0.05, 0.1) is 11.3 Å². The lowest BCUT2D eigenvalue weighted by molar-refractivity contribution is -0.141. The van der Waals surface area contributed by atoms with Crippen molar-refractivity contribution in [2.75, 3.05) is 0 Å². The predicted octanol–water partition coefficient (Wildman–Crippen LogP) is 4.01. The summed E-state index contributed by atoms with van der Waals surface area (Å²) in [5.41, 5.74) is -0.497. The zero-order chi connectivity index (χ0) is 16.6. The Hall–Kier alpha value is -2.96. The topological polar surface area (TPSA) is 63.1 Å². The van der Waals surface area contributed by atoms with Crippen molar-refractivity contribution in [3.8, 4) is 11.3 Å². The average molecular weight is 318 g/mol. The first-order valence-corrected chi connectivity index (χ1v) is 6.52.